The van der Waals surface area contributed by atoms with E-state index in [-0.39, 0.29) is 11.3 Å². The van der Waals surface area contributed by atoms with Crippen molar-refractivity contribution in [3.05, 3.63) is 75.8 Å². The molecule has 6 heteroatoms. The first kappa shape index (κ1) is 28.8. The molecule has 2 aromatic rings. The van der Waals surface area contributed by atoms with Crippen LogP contribution in [0.4, 0.5) is 8.78 Å². The molecule has 0 saturated heterocycles. The Morgan fingerprint density at radius 3 is 1.69 bits per heavy atom. The molecule has 194 valence electrons. The summed E-state index contributed by atoms with van der Waals surface area (Å²) in [6.45, 7) is 4.44. The predicted octanol–water partition coefficient (Wildman–Crippen LogP) is 8.06. The number of benzene rings is 2. The van der Waals surface area contributed by atoms with Gasteiger partial charge in [-0.2, -0.15) is 0 Å². The maximum atomic E-state index is 13.7. The van der Waals surface area contributed by atoms with E-state index in [4.69, 9.17) is 10.0 Å². The van der Waals surface area contributed by atoms with E-state index >= 15 is 0 Å². The lowest BCUT2D eigenvalue weighted by molar-refractivity contribution is 0.423. The fraction of sp³-hybridized carbons (Fsp3) is 0.467. The van der Waals surface area contributed by atoms with Crippen LogP contribution in [-0.4, -0.2) is 17.2 Å². The highest BCUT2D eigenvalue weighted by Gasteiger charge is 2.19. The van der Waals surface area contributed by atoms with Gasteiger partial charge in [-0.3, -0.25) is 0 Å². The average molecular weight is 559 g/mol. The van der Waals surface area contributed by atoms with Crippen LogP contribution in [0.15, 0.2) is 53.0 Å². The van der Waals surface area contributed by atoms with Gasteiger partial charge in [-0.1, -0.05) is 69.9 Å². The van der Waals surface area contributed by atoms with Crippen molar-refractivity contribution in [2.24, 2.45) is 11.8 Å². The van der Waals surface area contributed by atoms with Crippen LogP contribution >= 0.6 is 15.9 Å². The van der Waals surface area contributed by atoms with Crippen LogP contribution < -0.4 is 5.46 Å². The van der Waals surface area contributed by atoms with Gasteiger partial charge in [0.05, 0.1) is 4.47 Å². The van der Waals surface area contributed by atoms with Crippen LogP contribution in [0, 0.1) is 23.5 Å². The maximum absolute atomic E-state index is 13.7. The SMILES string of the molecule is CCCC1CC=C(c2ccc(B(O)O)c(F)c2)CC1.CCCC1CC=C(c2ccc(Br)c(F)c2)CC1. The molecule has 2 aromatic carbocycles. The molecule has 2 nitrogen and oxygen atoms in total. The normalized spacial score (nSPS) is 19.6. The van der Waals surface area contributed by atoms with E-state index in [0.29, 0.717) is 4.47 Å². The molecule has 0 aromatic heterocycles. The molecule has 0 bridgehead atoms. The third-order valence-electron chi connectivity index (χ3n) is 7.37. The van der Waals surface area contributed by atoms with Gasteiger partial charge in [-0.15, -0.1) is 0 Å². The van der Waals surface area contributed by atoms with Crippen LogP contribution in [0.2, 0.25) is 0 Å². The lowest BCUT2D eigenvalue weighted by Gasteiger charge is -2.21. The summed E-state index contributed by atoms with van der Waals surface area (Å²) in [5.74, 6) is 0.879. The van der Waals surface area contributed by atoms with Crippen LogP contribution in [-0.2, 0) is 0 Å². The summed E-state index contributed by atoms with van der Waals surface area (Å²) in [4.78, 5) is 0. The van der Waals surface area contributed by atoms with Gasteiger partial charge in [0.1, 0.15) is 11.6 Å². The quantitative estimate of drug-likeness (QED) is 0.337. The van der Waals surface area contributed by atoms with Crippen molar-refractivity contribution in [3.8, 4) is 0 Å². The van der Waals surface area contributed by atoms with Gasteiger partial charge >= 0.3 is 7.12 Å². The number of halogens is 3. The molecule has 2 N–H and O–H groups in total. The molecular weight excluding hydrogens is 521 g/mol. The molecule has 2 aliphatic carbocycles. The standard InChI is InChI=1S/C15H20BFO2.C15H18BrF/c1-2-3-11-4-6-12(7-5-11)13-8-9-14(16(18)19)15(17)10-13;1-2-3-11-4-6-12(7-5-11)13-8-9-14(16)15(17)10-13/h6,8-11,18-19H,2-5,7H2,1H3;6,8-11H,2-5,7H2,1H3. The van der Waals surface area contributed by atoms with Crippen LogP contribution in [0.5, 0.6) is 0 Å². The van der Waals surface area contributed by atoms with Crippen molar-refractivity contribution >= 4 is 39.7 Å². The summed E-state index contributed by atoms with van der Waals surface area (Å²) >= 11 is 3.19. The van der Waals surface area contributed by atoms with Crippen LogP contribution in [0.3, 0.4) is 0 Å². The first-order valence-electron chi connectivity index (χ1n) is 13.3. The second-order valence-electron chi connectivity index (χ2n) is 10.1. The molecule has 2 unspecified atom stereocenters. The highest BCUT2D eigenvalue weighted by Crippen LogP contribution is 2.34. The first-order chi connectivity index (χ1) is 17.3. The van der Waals surface area contributed by atoms with Crippen molar-refractivity contribution in [2.45, 2.75) is 78.1 Å². The van der Waals surface area contributed by atoms with Gasteiger partial charge in [0.2, 0.25) is 0 Å². The largest absolute Gasteiger partial charge is 0.491 e. The van der Waals surface area contributed by atoms with Gasteiger partial charge in [0.15, 0.2) is 0 Å². The summed E-state index contributed by atoms with van der Waals surface area (Å²) in [5.41, 5.74) is 4.32. The molecule has 0 spiro atoms. The summed E-state index contributed by atoms with van der Waals surface area (Å²) in [6.07, 6.45) is 16.2. The highest BCUT2D eigenvalue weighted by atomic mass is 79.9. The Bertz CT molecular complexity index is 1070. The number of rotatable bonds is 7. The molecule has 36 heavy (non-hydrogen) atoms. The second kappa shape index (κ2) is 14.3. The van der Waals surface area contributed by atoms with Gasteiger partial charge < -0.3 is 10.0 Å². The summed E-state index contributed by atoms with van der Waals surface area (Å²) in [7, 11) is -1.75. The topological polar surface area (TPSA) is 40.5 Å². The number of hydrogen-bond donors (Lipinski definition) is 2. The van der Waals surface area contributed by atoms with Crippen molar-refractivity contribution in [1.82, 2.24) is 0 Å². The van der Waals surface area contributed by atoms with E-state index in [0.717, 1.165) is 55.1 Å². The van der Waals surface area contributed by atoms with E-state index in [1.54, 1.807) is 18.2 Å². The van der Waals surface area contributed by atoms with Crippen LogP contribution in [0.25, 0.3) is 11.1 Å². The molecule has 4 rings (SSSR count). The monoisotopic (exact) mass is 558 g/mol. The zero-order valence-corrected chi connectivity index (χ0v) is 23.0. The zero-order chi connectivity index (χ0) is 26.1. The second-order valence-corrected chi connectivity index (χ2v) is 10.9. The molecule has 0 aliphatic heterocycles. The molecule has 2 aliphatic rings. The van der Waals surface area contributed by atoms with Crippen molar-refractivity contribution < 1.29 is 18.8 Å². The smallest absolute Gasteiger partial charge is 0.423 e. The minimum atomic E-state index is -1.75. The van der Waals surface area contributed by atoms with Crippen molar-refractivity contribution in [3.63, 3.8) is 0 Å². The molecule has 0 radical (unpaired) electrons. The first-order valence-corrected chi connectivity index (χ1v) is 14.1. The zero-order valence-electron chi connectivity index (χ0n) is 21.5. The van der Waals surface area contributed by atoms with E-state index in [1.165, 1.54) is 55.4 Å². The summed E-state index contributed by atoms with van der Waals surface area (Å²) < 4.78 is 27.7. The lowest BCUT2D eigenvalue weighted by Crippen LogP contribution is -2.32. The minimum absolute atomic E-state index is 0.0657. The Balaban J connectivity index is 0.000000202. The van der Waals surface area contributed by atoms with E-state index < -0.39 is 12.9 Å². The summed E-state index contributed by atoms with van der Waals surface area (Å²) in [5, 5.41) is 18.0. The predicted molar refractivity (Wildman–Crippen MR) is 151 cm³/mol. The van der Waals surface area contributed by atoms with E-state index in [2.05, 4.69) is 41.9 Å². The van der Waals surface area contributed by atoms with E-state index in [9.17, 15) is 8.78 Å². The maximum Gasteiger partial charge on any atom is 0.491 e. The Morgan fingerprint density at radius 2 is 1.31 bits per heavy atom. The summed E-state index contributed by atoms with van der Waals surface area (Å²) in [6, 6.07) is 10.1. The molecular formula is C30H38BBrF2O2. The third kappa shape index (κ3) is 8.12. The van der Waals surface area contributed by atoms with Gasteiger partial charge in [0.25, 0.3) is 0 Å². The number of hydrogen-bond acceptors (Lipinski definition) is 2. The molecule has 0 heterocycles. The molecule has 0 amide bonds. The Labute approximate surface area is 223 Å². The fourth-order valence-corrected chi connectivity index (χ4v) is 5.52. The average Bonchev–Trinajstić information content (AvgIpc) is 2.87. The van der Waals surface area contributed by atoms with Crippen LogP contribution in [0.1, 0.15) is 89.2 Å². The Hall–Kier alpha value is -1.76. The Kier molecular flexibility index (Phi) is 11.4. The van der Waals surface area contributed by atoms with Crippen molar-refractivity contribution in [2.75, 3.05) is 0 Å². The lowest BCUT2D eigenvalue weighted by atomic mass is 9.78. The Morgan fingerprint density at radius 1 is 0.806 bits per heavy atom. The minimum Gasteiger partial charge on any atom is -0.423 e. The number of allylic oxidation sites excluding steroid dienone is 4. The molecule has 2 atom stereocenters. The molecule has 0 fully saturated rings. The third-order valence-corrected chi connectivity index (χ3v) is 8.02. The highest BCUT2D eigenvalue weighted by molar-refractivity contribution is 9.10. The van der Waals surface area contributed by atoms with Gasteiger partial charge in [-0.05, 0) is 107 Å². The molecule has 0 saturated carbocycles. The van der Waals surface area contributed by atoms with Crippen molar-refractivity contribution in [1.29, 1.82) is 0 Å². The fourth-order valence-electron chi connectivity index (χ4n) is 5.27. The van der Waals surface area contributed by atoms with Gasteiger partial charge in [-0.25, -0.2) is 8.78 Å². The van der Waals surface area contributed by atoms with E-state index in [1.807, 2.05) is 6.07 Å². The van der Waals surface area contributed by atoms with Gasteiger partial charge in [0, 0.05) is 5.46 Å².